The molecule has 54 heavy (non-hydrogen) atoms. The van der Waals surface area contributed by atoms with Crippen LogP contribution in [-0.4, -0.2) is 24.9 Å². The molecular formula is C50H96N2O2. The second-order valence-electron chi connectivity index (χ2n) is 16.6. The Morgan fingerprint density at radius 3 is 0.796 bits per heavy atom. The fourth-order valence-electron chi connectivity index (χ4n) is 7.36. The van der Waals surface area contributed by atoms with Gasteiger partial charge in [0.1, 0.15) is 0 Å². The molecule has 0 fully saturated rings. The number of allylic oxidation sites excluding steroid dienone is 4. The average molecular weight is 757 g/mol. The highest BCUT2D eigenvalue weighted by molar-refractivity contribution is 5.76. The van der Waals surface area contributed by atoms with Crippen LogP contribution >= 0.6 is 0 Å². The molecule has 0 atom stereocenters. The molecule has 0 saturated heterocycles. The van der Waals surface area contributed by atoms with Crippen molar-refractivity contribution in [3.05, 3.63) is 24.3 Å². The number of unbranched alkanes of at least 4 members (excludes halogenated alkanes) is 33. The first-order chi connectivity index (χ1) is 26.7. The number of nitrogens with one attached hydrogen (secondary N) is 2. The fourth-order valence-corrected chi connectivity index (χ4v) is 7.36. The molecule has 0 rings (SSSR count). The molecule has 0 bridgehead atoms. The summed E-state index contributed by atoms with van der Waals surface area (Å²) >= 11 is 0. The molecule has 4 nitrogen and oxygen atoms in total. The number of hydrogen-bond donors (Lipinski definition) is 2. The minimum absolute atomic E-state index is 0.218. The molecule has 0 aliphatic rings. The second kappa shape index (κ2) is 47.6. The maximum Gasteiger partial charge on any atom is 0.219 e. The quantitative estimate of drug-likeness (QED) is 0.0480. The summed E-state index contributed by atoms with van der Waals surface area (Å²) in [4.78, 5) is 24.3. The van der Waals surface area contributed by atoms with Gasteiger partial charge in [0, 0.05) is 25.9 Å². The van der Waals surface area contributed by atoms with Gasteiger partial charge in [0.15, 0.2) is 0 Å². The van der Waals surface area contributed by atoms with Crippen molar-refractivity contribution in [2.24, 2.45) is 0 Å². The van der Waals surface area contributed by atoms with E-state index in [4.69, 9.17) is 0 Å². The van der Waals surface area contributed by atoms with E-state index < -0.39 is 0 Å². The van der Waals surface area contributed by atoms with Crippen molar-refractivity contribution in [2.45, 2.75) is 271 Å². The van der Waals surface area contributed by atoms with Gasteiger partial charge in [-0.15, -0.1) is 0 Å². The molecule has 0 heterocycles. The number of carbonyl (C=O) groups is 2. The van der Waals surface area contributed by atoms with E-state index in [9.17, 15) is 9.59 Å². The Morgan fingerprint density at radius 1 is 0.296 bits per heavy atom. The van der Waals surface area contributed by atoms with E-state index in [2.05, 4.69) is 48.8 Å². The van der Waals surface area contributed by atoms with E-state index in [1.54, 1.807) is 0 Å². The van der Waals surface area contributed by atoms with E-state index in [0.717, 1.165) is 51.6 Å². The summed E-state index contributed by atoms with van der Waals surface area (Å²) in [6.45, 7) is 6.14. The Bertz CT molecular complexity index is 740. The van der Waals surface area contributed by atoms with Crippen LogP contribution in [0.3, 0.4) is 0 Å². The van der Waals surface area contributed by atoms with E-state index in [1.807, 2.05) is 0 Å². The second-order valence-corrected chi connectivity index (χ2v) is 16.6. The first kappa shape index (κ1) is 52.4. The van der Waals surface area contributed by atoms with Crippen molar-refractivity contribution in [2.75, 3.05) is 13.1 Å². The molecule has 0 aromatic heterocycles. The zero-order chi connectivity index (χ0) is 39.1. The Kier molecular flexibility index (Phi) is 46.2. The smallest absolute Gasteiger partial charge is 0.219 e. The van der Waals surface area contributed by atoms with Crippen molar-refractivity contribution in [3.63, 3.8) is 0 Å². The molecule has 0 aliphatic heterocycles. The van der Waals surface area contributed by atoms with Gasteiger partial charge in [-0.25, -0.2) is 0 Å². The van der Waals surface area contributed by atoms with E-state index in [0.29, 0.717) is 12.8 Å². The lowest BCUT2D eigenvalue weighted by Crippen LogP contribution is -2.24. The van der Waals surface area contributed by atoms with Crippen LogP contribution in [0.1, 0.15) is 271 Å². The minimum Gasteiger partial charge on any atom is -0.356 e. The average Bonchev–Trinajstić information content (AvgIpc) is 3.17. The van der Waals surface area contributed by atoms with Gasteiger partial charge >= 0.3 is 0 Å². The van der Waals surface area contributed by atoms with Crippen LogP contribution in [0.5, 0.6) is 0 Å². The molecule has 2 amide bonds. The summed E-state index contributed by atoms with van der Waals surface area (Å²) in [6, 6.07) is 0. The summed E-state index contributed by atoms with van der Waals surface area (Å²) in [7, 11) is 0. The summed E-state index contributed by atoms with van der Waals surface area (Å²) in [5, 5.41) is 6.20. The molecule has 0 aromatic rings. The SMILES string of the molecule is CCCCCCCCC=CCCCCCCCCCCCC(=O)NCCCCCCNC(=O)CCCCCCCCCCCC=CCCCCCCCC. The third kappa shape index (κ3) is 46.6. The van der Waals surface area contributed by atoms with Crippen LogP contribution in [0.15, 0.2) is 24.3 Å². The highest BCUT2D eigenvalue weighted by Gasteiger charge is 2.03. The predicted octanol–water partition coefficient (Wildman–Crippen LogP) is 16.0. The zero-order valence-electron chi connectivity index (χ0n) is 36.8. The molecule has 0 aliphatic carbocycles. The molecule has 0 spiro atoms. The van der Waals surface area contributed by atoms with Gasteiger partial charge < -0.3 is 10.6 Å². The largest absolute Gasteiger partial charge is 0.356 e. The Morgan fingerprint density at radius 2 is 0.519 bits per heavy atom. The van der Waals surface area contributed by atoms with Crippen LogP contribution in [0.2, 0.25) is 0 Å². The maximum atomic E-state index is 12.1. The van der Waals surface area contributed by atoms with E-state index in [-0.39, 0.29) is 11.8 Å². The van der Waals surface area contributed by atoms with Crippen LogP contribution in [0.4, 0.5) is 0 Å². The number of hydrogen-bond acceptors (Lipinski definition) is 2. The topological polar surface area (TPSA) is 58.2 Å². The lowest BCUT2D eigenvalue weighted by Gasteiger charge is -2.07. The lowest BCUT2D eigenvalue weighted by molar-refractivity contribution is -0.122. The van der Waals surface area contributed by atoms with Gasteiger partial charge in [0.2, 0.25) is 11.8 Å². The summed E-state index contributed by atoms with van der Waals surface area (Å²) in [6.07, 6.45) is 60.3. The first-order valence-corrected chi connectivity index (χ1v) is 24.5. The normalized spacial score (nSPS) is 11.7. The third-order valence-corrected chi connectivity index (χ3v) is 11.1. The predicted molar refractivity (Wildman–Crippen MR) is 240 cm³/mol. The summed E-state index contributed by atoms with van der Waals surface area (Å²) in [5.41, 5.74) is 0. The molecular weight excluding hydrogens is 661 g/mol. The van der Waals surface area contributed by atoms with Crippen molar-refractivity contribution < 1.29 is 9.59 Å². The first-order valence-electron chi connectivity index (χ1n) is 24.5. The summed E-state index contributed by atoms with van der Waals surface area (Å²) in [5.74, 6) is 0.437. The van der Waals surface area contributed by atoms with Gasteiger partial charge in [-0.1, -0.05) is 205 Å². The van der Waals surface area contributed by atoms with E-state index in [1.165, 1.54) is 205 Å². The molecule has 0 unspecified atom stereocenters. The van der Waals surface area contributed by atoms with Gasteiger partial charge in [-0.05, 0) is 77.0 Å². The summed E-state index contributed by atoms with van der Waals surface area (Å²) < 4.78 is 0. The third-order valence-electron chi connectivity index (χ3n) is 11.1. The number of rotatable bonds is 45. The molecule has 0 saturated carbocycles. The highest BCUT2D eigenvalue weighted by Crippen LogP contribution is 2.14. The molecule has 4 heteroatoms. The Balaban J connectivity index is 3.27. The van der Waals surface area contributed by atoms with Crippen LogP contribution in [-0.2, 0) is 9.59 Å². The highest BCUT2D eigenvalue weighted by atomic mass is 16.2. The van der Waals surface area contributed by atoms with Crippen LogP contribution < -0.4 is 10.6 Å². The van der Waals surface area contributed by atoms with Crippen molar-refractivity contribution in [1.82, 2.24) is 10.6 Å². The van der Waals surface area contributed by atoms with Gasteiger partial charge in [0.25, 0.3) is 0 Å². The molecule has 0 radical (unpaired) electrons. The fraction of sp³-hybridized carbons (Fsp3) is 0.880. The lowest BCUT2D eigenvalue weighted by atomic mass is 10.1. The van der Waals surface area contributed by atoms with Gasteiger partial charge in [-0.2, -0.15) is 0 Å². The molecule has 0 aromatic carbocycles. The zero-order valence-corrected chi connectivity index (χ0v) is 36.8. The molecule has 318 valence electrons. The maximum absolute atomic E-state index is 12.1. The van der Waals surface area contributed by atoms with Gasteiger partial charge in [0.05, 0.1) is 0 Å². The number of amides is 2. The Labute approximate surface area is 339 Å². The van der Waals surface area contributed by atoms with Crippen molar-refractivity contribution in [1.29, 1.82) is 0 Å². The van der Waals surface area contributed by atoms with Gasteiger partial charge in [-0.3, -0.25) is 9.59 Å². The van der Waals surface area contributed by atoms with Crippen LogP contribution in [0.25, 0.3) is 0 Å². The van der Waals surface area contributed by atoms with Crippen molar-refractivity contribution >= 4 is 11.8 Å². The molecule has 2 N–H and O–H groups in total. The minimum atomic E-state index is 0.218. The van der Waals surface area contributed by atoms with Crippen molar-refractivity contribution in [3.8, 4) is 0 Å². The van der Waals surface area contributed by atoms with Crippen LogP contribution in [0, 0.1) is 0 Å². The Hall–Kier alpha value is -1.58. The number of carbonyl (C=O) groups excluding carboxylic acids is 2. The van der Waals surface area contributed by atoms with E-state index >= 15 is 0 Å². The standard InChI is InChI=1S/C50H96N2O2/c1-3-5-7-9-11-13-15-17-19-21-23-25-27-29-31-33-35-37-41-45-49(53)51-47-43-39-40-44-48-52-50(54)46-42-38-36-34-32-30-28-26-24-22-20-18-16-14-12-10-8-6-4-2/h17-20H,3-16,21-48H2,1-2H3,(H,51,53)(H,52,54). The monoisotopic (exact) mass is 757 g/mol.